The van der Waals surface area contributed by atoms with Gasteiger partial charge in [0.05, 0.1) is 12.7 Å². The van der Waals surface area contributed by atoms with Gasteiger partial charge >= 0.3 is 12.4 Å². The van der Waals surface area contributed by atoms with Crippen LogP contribution in [0.3, 0.4) is 0 Å². The third kappa shape index (κ3) is 3.49. The summed E-state index contributed by atoms with van der Waals surface area (Å²) in [4.78, 5) is 25.6. The molecule has 0 aliphatic carbocycles. The number of aromatic amines is 1. The molecule has 0 spiro atoms. The fraction of sp³-hybridized carbons (Fsp3) is 0.692. The van der Waals surface area contributed by atoms with E-state index in [0.717, 1.165) is 4.57 Å². The number of fused-ring (bicyclic) bond motifs is 1. The third-order valence-electron chi connectivity index (χ3n) is 3.73. The first-order valence-electron chi connectivity index (χ1n) is 7.50. The van der Waals surface area contributed by atoms with Gasteiger partial charge in [-0.1, -0.05) is 11.6 Å². The minimum atomic E-state index is -3.18. The van der Waals surface area contributed by atoms with Crippen LogP contribution in [0.25, 0.3) is 0 Å². The van der Waals surface area contributed by atoms with Crippen molar-refractivity contribution in [3.8, 4) is 0 Å². The number of nitrogens with one attached hydrogen (secondary N) is 1. The Morgan fingerprint density at radius 2 is 2.24 bits per heavy atom. The second kappa shape index (κ2) is 6.53. The molecule has 0 saturated carbocycles. The zero-order valence-corrected chi connectivity index (χ0v) is 16.1. The number of hydrogen-bond acceptors (Lipinski definition) is 7. The van der Waals surface area contributed by atoms with Gasteiger partial charge in [0.2, 0.25) is 0 Å². The minimum Gasteiger partial charge on any atom is -0.344 e. The topological polar surface area (TPSA) is 91.8 Å². The highest BCUT2D eigenvalue weighted by Crippen LogP contribution is 2.61. The molecule has 12 heteroatoms. The summed E-state index contributed by atoms with van der Waals surface area (Å²) in [6.45, 7) is 1.69. The zero-order valence-electron chi connectivity index (χ0n) is 13.6. The van der Waals surface area contributed by atoms with Gasteiger partial charge in [0.25, 0.3) is 10.7 Å². The lowest BCUT2D eigenvalue weighted by Gasteiger charge is -2.35. The number of halogens is 2. The summed E-state index contributed by atoms with van der Waals surface area (Å²) in [5.74, 6) is 0. The number of rotatable bonds is 3. The van der Waals surface area contributed by atoms with E-state index in [0.29, 0.717) is 0 Å². The molecule has 2 aliphatic heterocycles. The summed E-state index contributed by atoms with van der Waals surface area (Å²) in [5, 5.41) is -2.60. The molecule has 1 N–H and O–H groups in total. The fourth-order valence-electron chi connectivity index (χ4n) is 2.64. The van der Waals surface area contributed by atoms with Crippen molar-refractivity contribution in [3.63, 3.8) is 0 Å². The highest BCUT2D eigenvalue weighted by molar-refractivity contribution is 8.07. The molecule has 3 rings (SSSR count). The second-order valence-electron chi connectivity index (χ2n) is 6.10. The summed E-state index contributed by atoms with van der Waals surface area (Å²) in [5.41, 5.74) is -1.22. The summed E-state index contributed by atoms with van der Waals surface area (Å²) in [7, 11) is 0. The van der Waals surface area contributed by atoms with E-state index in [9.17, 15) is 9.59 Å². The fourth-order valence-corrected chi connectivity index (χ4v) is 5.61. The molecular weight excluding hydrogens is 398 g/mol. The van der Waals surface area contributed by atoms with Crippen molar-refractivity contribution in [2.24, 2.45) is 0 Å². The third-order valence-corrected chi connectivity index (χ3v) is 6.59. The van der Waals surface area contributed by atoms with Gasteiger partial charge in [0, 0.05) is 11.8 Å². The smallest absolute Gasteiger partial charge is 0.330 e. The van der Waals surface area contributed by atoms with Crippen LogP contribution < -0.4 is 11.2 Å². The van der Waals surface area contributed by atoms with Crippen LogP contribution in [0, 0.1) is 6.92 Å². The van der Waals surface area contributed by atoms with Crippen molar-refractivity contribution in [2.75, 3.05) is 6.61 Å². The van der Waals surface area contributed by atoms with E-state index in [2.05, 4.69) is 4.98 Å². The molecule has 1 aromatic rings. The quantitative estimate of drug-likeness (QED) is 0.594. The molecule has 0 aromatic carbocycles. The molecule has 5 atom stereocenters. The normalized spacial score (nSPS) is 38.1. The van der Waals surface area contributed by atoms with Crippen molar-refractivity contribution in [3.05, 3.63) is 32.6 Å². The van der Waals surface area contributed by atoms with Gasteiger partial charge in [-0.3, -0.25) is 18.9 Å². The summed E-state index contributed by atoms with van der Waals surface area (Å²) in [6.07, 6.45) is -2.78. The van der Waals surface area contributed by atoms with E-state index in [4.69, 9.17) is 41.7 Å². The molecule has 2 fully saturated rings. The lowest BCUT2D eigenvalue weighted by molar-refractivity contribution is -0.0657. The van der Waals surface area contributed by atoms with Gasteiger partial charge in [-0.15, -0.1) is 0 Å². The summed E-state index contributed by atoms with van der Waals surface area (Å²) in [6, 6.07) is 0. The van der Waals surface area contributed by atoms with Gasteiger partial charge < -0.3 is 13.8 Å². The number of H-pyrrole nitrogens is 1. The minimum absolute atomic E-state index is 0.0827. The number of aryl methyl sites for hydroxylation is 1. The van der Waals surface area contributed by atoms with Crippen LogP contribution in [-0.4, -0.2) is 39.6 Å². The molecule has 0 amide bonds. The van der Waals surface area contributed by atoms with Gasteiger partial charge in [-0.25, -0.2) is 9.18 Å². The average Bonchev–Trinajstić information content (AvgIpc) is 2.73. The lowest BCUT2D eigenvalue weighted by Crippen LogP contribution is -2.45. The Hall–Kier alpha value is -0.610. The molecule has 0 bridgehead atoms. The second-order valence-corrected chi connectivity index (χ2v) is 9.60. The molecule has 0 radical (unpaired) electrons. The first-order chi connectivity index (χ1) is 11.5. The number of ether oxygens (including phenoxy) is 1. The predicted octanol–water partition coefficient (Wildman–Crippen LogP) is 1.71. The van der Waals surface area contributed by atoms with Gasteiger partial charge in [0.15, 0.2) is 6.23 Å². The standard InChI is InChI=1S/C13H17ClFN2O6PS/c1-6(2)22-24(25)20-5-8-9(23-24)13(14,15)11(21-8)17-4-7(3)10(18)16-12(17)19/h4,6,8-9,11H,5H2,1-3H3,(H,16,18,19)/t8-,9-,11-,13+,24-/m1/s1. The van der Waals surface area contributed by atoms with Gasteiger partial charge in [-0.2, -0.15) is 0 Å². The van der Waals surface area contributed by atoms with E-state index in [-0.39, 0.29) is 18.3 Å². The Kier molecular flexibility index (Phi) is 5.00. The number of hydrogen-bond donors (Lipinski definition) is 1. The number of aromatic nitrogens is 2. The van der Waals surface area contributed by atoms with Crippen LogP contribution >= 0.6 is 18.3 Å². The summed E-state index contributed by atoms with van der Waals surface area (Å²) < 4.78 is 38.2. The SMILES string of the molecule is Cc1cn([C@@H]2O[C@@H]3CO[P@@](=S)(OC(C)C)O[C@H]3[C@@]2(F)Cl)c(=O)[nH]c1=O. The maximum absolute atomic E-state index is 15.3. The van der Waals surface area contributed by atoms with Crippen LogP contribution in [0.15, 0.2) is 15.8 Å². The molecule has 25 heavy (non-hydrogen) atoms. The first-order valence-corrected chi connectivity index (χ1v) is 10.4. The van der Waals surface area contributed by atoms with E-state index >= 15 is 4.39 Å². The highest BCUT2D eigenvalue weighted by Gasteiger charge is 2.62. The Bertz CT molecular complexity index is 843. The molecule has 2 aliphatic rings. The van der Waals surface area contributed by atoms with Gasteiger partial charge in [0.1, 0.15) is 12.2 Å². The van der Waals surface area contributed by atoms with Crippen molar-refractivity contribution in [1.82, 2.24) is 9.55 Å². The lowest BCUT2D eigenvalue weighted by atomic mass is 10.1. The maximum Gasteiger partial charge on any atom is 0.330 e. The molecule has 140 valence electrons. The van der Waals surface area contributed by atoms with Gasteiger partial charge in [-0.05, 0) is 32.6 Å². The Morgan fingerprint density at radius 1 is 1.56 bits per heavy atom. The molecule has 1 aromatic heterocycles. The van der Waals surface area contributed by atoms with Crippen molar-refractivity contribution in [1.29, 1.82) is 0 Å². The zero-order chi connectivity index (χ0) is 18.6. The monoisotopic (exact) mass is 414 g/mol. The van der Waals surface area contributed by atoms with Crippen molar-refractivity contribution < 1.29 is 22.7 Å². The van der Waals surface area contributed by atoms with Crippen LogP contribution in [0.2, 0.25) is 0 Å². The molecule has 3 heterocycles. The molecular formula is C13H17ClFN2O6PS. The largest absolute Gasteiger partial charge is 0.344 e. The van der Waals surface area contributed by atoms with E-state index in [1.54, 1.807) is 13.8 Å². The maximum atomic E-state index is 15.3. The number of alkyl halides is 2. The van der Waals surface area contributed by atoms with Crippen molar-refractivity contribution >= 4 is 30.1 Å². The van der Waals surface area contributed by atoms with E-state index in [1.165, 1.54) is 13.1 Å². The first kappa shape index (κ1) is 19.2. The highest BCUT2D eigenvalue weighted by atomic mass is 35.5. The van der Waals surface area contributed by atoms with E-state index < -0.39 is 41.5 Å². The average molecular weight is 415 g/mol. The predicted molar refractivity (Wildman–Crippen MR) is 91.0 cm³/mol. The molecule has 8 nitrogen and oxygen atoms in total. The van der Waals surface area contributed by atoms with Crippen LogP contribution in [0.1, 0.15) is 25.6 Å². The van der Waals surface area contributed by atoms with Crippen LogP contribution in [0.5, 0.6) is 0 Å². The Morgan fingerprint density at radius 3 is 2.88 bits per heavy atom. The van der Waals surface area contributed by atoms with Crippen LogP contribution in [-0.2, 0) is 30.1 Å². The Labute approximate surface area is 152 Å². The van der Waals surface area contributed by atoms with E-state index in [1.807, 2.05) is 0 Å². The Balaban J connectivity index is 1.94. The van der Waals surface area contributed by atoms with Crippen molar-refractivity contribution in [2.45, 2.75) is 50.4 Å². The summed E-state index contributed by atoms with van der Waals surface area (Å²) >= 11 is 11.3. The number of nitrogens with zero attached hydrogens (tertiary/aromatic N) is 1. The molecule has 2 saturated heterocycles. The molecule has 0 unspecified atom stereocenters. The van der Waals surface area contributed by atoms with Crippen LogP contribution in [0.4, 0.5) is 4.39 Å².